The highest BCUT2D eigenvalue weighted by Gasteiger charge is 2.18. The quantitative estimate of drug-likeness (QED) is 0.649. The molecule has 0 bridgehead atoms. The van der Waals surface area contributed by atoms with Crippen LogP contribution in [-0.4, -0.2) is 17.9 Å². The van der Waals surface area contributed by atoms with Crippen LogP contribution in [0.2, 0.25) is 10.0 Å². The highest BCUT2D eigenvalue weighted by atomic mass is 35.5. The summed E-state index contributed by atoms with van der Waals surface area (Å²) >= 11 is 12.4. The van der Waals surface area contributed by atoms with Crippen molar-refractivity contribution < 1.29 is 9.53 Å². The number of pyridine rings is 1. The zero-order valence-corrected chi connectivity index (χ0v) is 14.6. The van der Waals surface area contributed by atoms with E-state index < -0.39 is 0 Å². The van der Waals surface area contributed by atoms with E-state index in [4.69, 9.17) is 27.9 Å². The first kappa shape index (κ1) is 17.0. The van der Waals surface area contributed by atoms with Crippen LogP contribution in [0.15, 0.2) is 42.2 Å². The van der Waals surface area contributed by atoms with E-state index in [1.807, 2.05) is 24.3 Å². The van der Waals surface area contributed by atoms with Crippen molar-refractivity contribution in [1.82, 2.24) is 4.98 Å². The first-order valence-corrected chi connectivity index (χ1v) is 8.63. The normalized spacial score (nSPS) is 14.6. The van der Waals surface area contributed by atoms with Crippen molar-refractivity contribution in [1.29, 1.82) is 0 Å². The van der Waals surface area contributed by atoms with Crippen LogP contribution in [-0.2, 0) is 0 Å². The number of benzene rings is 1. The van der Waals surface area contributed by atoms with E-state index in [-0.39, 0.29) is 0 Å². The van der Waals surface area contributed by atoms with E-state index in [9.17, 15) is 4.79 Å². The molecule has 0 saturated carbocycles. The zero-order valence-electron chi connectivity index (χ0n) is 13.1. The topological polar surface area (TPSA) is 39.2 Å². The van der Waals surface area contributed by atoms with Gasteiger partial charge in [0.15, 0.2) is 6.29 Å². The molecule has 1 aromatic heterocycles. The summed E-state index contributed by atoms with van der Waals surface area (Å²) in [5.41, 5.74) is 3.86. The van der Waals surface area contributed by atoms with Crippen molar-refractivity contribution in [3.63, 3.8) is 0 Å². The molecule has 0 fully saturated rings. The molecule has 1 aliphatic carbocycles. The minimum atomic E-state index is 0.298. The first-order chi connectivity index (χ1) is 11.7. The lowest BCUT2D eigenvalue weighted by atomic mass is 9.87. The Balaban J connectivity index is 1.88. The number of nitrogens with zero attached hydrogens (tertiary/aromatic N) is 1. The maximum Gasteiger partial charge on any atom is 0.155 e. The van der Waals surface area contributed by atoms with Gasteiger partial charge in [0.1, 0.15) is 12.4 Å². The van der Waals surface area contributed by atoms with Crippen LogP contribution in [0.5, 0.6) is 5.75 Å². The fourth-order valence-corrected chi connectivity index (χ4v) is 3.42. The Morgan fingerprint density at radius 1 is 1.08 bits per heavy atom. The highest BCUT2D eigenvalue weighted by molar-refractivity contribution is 6.33. The van der Waals surface area contributed by atoms with Crippen LogP contribution in [0.1, 0.15) is 41.6 Å². The Labute approximate surface area is 151 Å². The molecule has 3 nitrogen and oxygen atoms in total. The molecule has 2 aromatic rings. The maximum absolute atomic E-state index is 11.2. The summed E-state index contributed by atoms with van der Waals surface area (Å²) in [5, 5.41) is 1.05. The lowest BCUT2D eigenvalue weighted by Gasteiger charge is -2.22. The van der Waals surface area contributed by atoms with Gasteiger partial charge < -0.3 is 4.74 Å². The van der Waals surface area contributed by atoms with Gasteiger partial charge in [-0.15, -0.1) is 0 Å². The van der Waals surface area contributed by atoms with E-state index in [1.54, 1.807) is 0 Å². The van der Waals surface area contributed by atoms with Crippen LogP contribution < -0.4 is 4.74 Å². The molecule has 0 amide bonds. The third kappa shape index (κ3) is 3.63. The summed E-state index contributed by atoms with van der Waals surface area (Å²) in [6.45, 7) is 0.406. The summed E-state index contributed by atoms with van der Waals surface area (Å²) in [6.07, 6.45) is 7.87. The average Bonchev–Trinajstić information content (AvgIpc) is 2.61. The summed E-state index contributed by atoms with van der Waals surface area (Å²) < 4.78 is 5.86. The molecule has 3 rings (SSSR count). The van der Waals surface area contributed by atoms with Crippen molar-refractivity contribution >= 4 is 35.1 Å². The molecule has 0 saturated heterocycles. The van der Waals surface area contributed by atoms with Crippen LogP contribution in [0.25, 0.3) is 5.57 Å². The van der Waals surface area contributed by atoms with Crippen LogP contribution >= 0.6 is 23.2 Å². The van der Waals surface area contributed by atoms with Gasteiger partial charge in [0, 0.05) is 11.2 Å². The number of rotatable bonds is 5. The molecule has 0 N–H and O–H groups in total. The number of carbonyl (C=O) groups excluding carboxylic acids is 1. The molecule has 0 spiro atoms. The van der Waals surface area contributed by atoms with Gasteiger partial charge in [-0.05, 0) is 48.5 Å². The van der Waals surface area contributed by atoms with Gasteiger partial charge in [0.25, 0.3) is 0 Å². The van der Waals surface area contributed by atoms with Crippen molar-refractivity contribution in [2.75, 3.05) is 6.61 Å². The van der Waals surface area contributed by atoms with Gasteiger partial charge >= 0.3 is 0 Å². The van der Waals surface area contributed by atoms with E-state index >= 15 is 0 Å². The Kier molecular flexibility index (Phi) is 5.54. The van der Waals surface area contributed by atoms with Gasteiger partial charge in [0.2, 0.25) is 0 Å². The number of hydrogen-bond donors (Lipinski definition) is 0. The standard InChI is InChI=1S/C19H17Cl2NO2/c20-17-8-4-3-7-15(17)14-6-2-1-5-13(14)12-24-19-10-22-9-18(21)16(19)11-23/h3-4,7-11H,1-2,5-6,12H2. The highest BCUT2D eigenvalue weighted by Crippen LogP contribution is 2.36. The molecular weight excluding hydrogens is 345 g/mol. The predicted octanol–water partition coefficient (Wildman–Crippen LogP) is 5.61. The number of aromatic nitrogens is 1. The Morgan fingerprint density at radius 3 is 2.67 bits per heavy atom. The molecule has 0 unspecified atom stereocenters. The minimum absolute atomic E-state index is 0.298. The summed E-state index contributed by atoms with van der Waals surface area (Å²) in [5.74, 6) is 0.411. The molecule has 24 heavy (non-hydrogen) atoms. The van der Waals surface area contributed by atoms with Gasteiger partial charge in [-0.2, -0.15) is 0 Å². The molecule has 0 radical (unpaired) electrons. The van der Waals surface area contributed by atoms with Gasteiger partial charge in [-0.25, -0.2) is 0 Å². The number of halogens is 2. The molecule has 0 aliphatic heterocycles. The smallest absolute Gasteiger partial charge is 0.155 e. The predicted molar refractivity (Wildman–Crippen MR) is 97.0 cm³/mol. The second-order valence-corrected chi connectivity index (χ2v) is 6.52. The van der Waals surface area contributed by atoms with Gasteiger partial charge in [-0.3, -0.25) is 9.78 Å². The van der Waals surface area contributed by atoms with Gasteiger partial charge in [0.05, 0.1) is 16.8 Å². The van der Waals surface area contributed by atoms with Crippen molar-refractivity contribution in [2.24, 2.45) is 0 Å². The average molecular weight is 362 g/mol. The molecule has 1 heterocycles. The third-order valence-electron chi connectivity index (χ3n) is 4.20. The maximum atomic E-state index is 11.2. The molecular formula is C19H17Cl2NO2. The summed E-state index contributed by atoms with van der Waals surface area (Å²) in [6, 6.07) is 7.87. The third-order valence-corrected chi connectivity index (χ3v) is 4.83. The summed E-state index contributed by atoms with van der Waals surface area (Å²) in [4.78, 5) is 15.2. The second-order valence-electron chi connectivity index (χ2n) is 5.71. The summed E-state index contributed by atoms with van der Waals surface area (Å²) in [7, 11) is 0. The number of aldehydes is 1. The number of hydrogen-bond acceptors (Lipinski definition) is 3. The number of allylic oxidation sites excluding steroid dienone is 1. The Hall–Kier alpha value is -1.84. The monoisotopic (exact) mass is 361 g/mol. The van der Waals surface area contributed by atoms with Gasteiger partial charge in [-0.1, -0.05) is 41.4 Å². The molecule has 5 heteroatoms. The van der Waals surface area contributed by atoms with Crippen molar-refractivity contribution in [3.8, 4) is 5.75 Å². The Morgan fingerprint density at radius 2 is 1.88 bits per heavy atom. The molecule has 1 aliphatic rings. The fourth-order valence-electron chi connectivity index (χ4n) is 2.98. The second kappa shape index (κ2) is 7.82. The van der Waals surface area contributed by atoms with Crippen molar-refractivity contribution in [2.45, 2.75) is 25.7 Å². The van der Waals surface area contributed by atoms with E-state index in [2.05, 4.69) is 4.98 Å². The first-order valence-electron chi connectivity index (χ1n) is 7.88. The van der Waals surface area contributed by atoms with E-state index in [0.717, 1.165) is 36.3 Å². The molecule has 0 atom stereocenters. The zero-order chi connectivity index (χ0) is 16.9. The molecule has 1 aromatic carbocycles. The number of ether oxygens (including phenoxy) is 1. The van der Waals surface area contributed by atoms with E-state index in [1.165, 1.54) is 23.5 Å². The SMILES string of the molecule is O=Cc1c(Cl)cncc1OCC1=C(c2ccccc2Cl)CCCC1. The van der Waals surface area contributed by atoms with Crippen molar-refractivity contribution in [3.05, 3.63) is 63.4 Å². The lowest BCUT2D eigenvalue weighted by Crippen LogP contribution is -2.09. The van der Waals surface area contributed by atoms with Crippen LogP contribution in [0.3, 0.4) is 0 Å². The fraction of sp³-hybridized carbons (Fsp3) is 0.263. The Bertz CT molecular complexity index is 787. The van der Waals surface area contributed by atoms with Crippen LogP contribution in [0, 0.1) is 0 Å². The van der Waals surface area contributed by atoms with E-state index in [0.29, 0.717) is 29.2 Å². The number of carbonyl (C=O) groups is 1. The minimum Gasteiger partial charge on any atom is -0.487 e. The lowest BCUT2D eigenvalue weighted by molar-refractivity contribution is 0.112. The largest absolute Gasteiger partial charge is 0.487 e. The van der Waals surface area contributed by atoms with Crippen LogP contribution in [0.4, 0.5) is 0 Å². The molecule has 124 valence electrons.